The van der Waals surface area contributed by atoms with E-state index in [4.69, 9.17) is 17.9 Å². The molecule has 0 unspecified atom stereocenters. The molecule has 0 heterocycles. The van der Waals surface area contributed by atoms with Gasteiger partial charge in [-0.3, -0.25) is 0 Å². The van der Waals surface area contributed by atoms with Crippen molar-refractivity contribution in [1.29, 1.82) is 0 Å². The molecular weight excluding hydrogens is 314 g/mol. The van der Waals surface area contributed by atoms with Crippen molar-refractivity contribution in [2.75, 3.05) is 13.2 Å². The Bertz CT molecular complexity index is 70.5. The Balaban J connectivity index is -0.0000000408. The number of aliphatic hydroxyl groups excluding tert-OH is 2. The quantitative estimate of drug-likeness (QED) is 0.607. The van der Waals surface area contributed by atoms with E-state index >= 15 is 0 Å². The molecule has 0 aromatic heterocycles. The molecule has 0 aliphatic heterocycles. The monoisotopic (exact) mass is 338 g/mol. The maximum absolute atomic E-state index is 7.94. The molecule has 0 aromatic carbocycles. The van der Waals surface area contributed by atoms with Gasteiger partial charge in [0.1, 0.15) is 0 Å². The number of unbranched alkanes of at least 4 members (excludes halogenated alkanes) is 4. The molecule has 114 valence electrons. The van der Waals surface area contributed by atoms with Crippen LogP contribution in [0, 0.1) is 27.7 Å². The molecule has 0 amide bonds. The average molecular weight is 338 g/mol. The van der Waals surface area contributed by atoms with Gasteiger partial charge in [0.25, 0.3) is 0 Å². The molecule has 0 spiro atoms. The number of aliphatic hydroxyl groups is 2. The summed E-state index contributed by atoms with van der Waals surface area (Å²) in [7, 11) is 0. The molecule has 0 atom stereocenters. The number of hydrogen-bond acceptors (Lipinski definition) is 4. The van der Waals surface area contributed by atoms with Gasteiger partial charge in [-0.15, -0.1) is 0 Å². The summed E-state index contributed by atoms with van der Waals surface area (Å²) in [5.74, 6) is 0. The Morgan fingerprint density at radius 3 is 0.941 bits per heavy atom. The van der Waals surface area contributed by atoms with Crippen LogP contribution in [0.5, 0.6) is 0 Å². The molecule has 6 heteroatoms. The van der Waals surface area contributed by atoms with Crippen molar-refractivity contribution in [3.63, 3.8) is 0 Å². The number of hydrogen-bond donors (Lipinski definition) is 2. The third-order valence-electron chi connectivity index (χ3n) is 1.000. The van der Waals surface area contributed by atoms with Crippen molar-refractivity contribution in [3.8, 4) is 0 Å². The van der Waals surface area contributed by atoms with E-state index in [1.54, 1.807) is 0 Å². The van der Waals surface area contributed by atoms with E-state index in [9.17, 15) is 0 Å². The molecule has 0 aliphatic carbocycles. The molecule has 2 N–H and O–H groups in total. The zero-order valence-electron chi connectivity index (χ0n) is 10.2. The van der Waals surface area contributed by atoms with Gasteiger partial charge in [-0.05, 0) is 0 Å². The van der Waals surface area contributed by atoms with Crippen LogP contribution in [0.4, 0.5) is 0 Å². The van der Waals surface area contributed by atoms with Crippen LogP contribution in [0.25, 0.3) is 0 Å². The molecule has 0 bridgehead atoms. The molecule has 0 radical (unpaired) electrons. The van der Waals surface area contributed by atoms with Gasteiger partial charge in [0.05, 0.1) is 0 Å². The second-order valence-electron chi connectivity index (χ2n) is 2.21. The van der Waals surface area contributed by atoms with Crippen molar-refractivity contribution in [2.45, 2.75) is 32.1 Å². The molecular formula is C11H24Co2O4-4. The van der Waals surface area contributed by atoms with Crippen molar-refractivity contribution in [3.05, 3.63) is 27.7 Å². The van der Waals surface area contributed by atoms with Gasteiger partial charge in [-0.1, -0.05) is 32.5 Å². The first kappa shape index (κ1) is 30.5. The van der Waals surface area contributed by atoms with Gasteiger partial charge in [-0.2, -0.15) is 12.8 Å². The SMILES string of the molecule is [CH2-]CCCCC[CH2-].[CH2-]CO.[CH2-]CO.[O]=[Co].[O]=[Co]. The fourth-order valence-corrected chi connectivity index (χ4v) is 0.530. The van der Waals surface area contributed by atoms with E-state index in [1.165, 1.54) is 19.3 Å². The van der Waals surface area contributed by atoms with Crippen LogP contribution in [-0.2, 0) is 39.1 Å². The van der Waals surface area contributed by atoms with E-state index in [1.807, 2.05) is 0 Å². The third kappa shape index (κ3) is 170. The molecule has 0 aliphatic rings. The fourth-order valence-electron chi connectivity index (χ4n) is 0.530. The molecule has 0 rings (SSSR count). The van der Waals surface area contributed by atoms with Gasteiger partial charge in [0, 0.05) is 0 Å². The summed E-state index contributed by atoms with van der Waals surface area (Å²) in [5, 5.41) is 14.9. The Morgan fingerprint density at radius 2 is 0.824 bits per heavy atom. The summed E-state index contributed by atoms with van der Waals surface area (Å²) in [6, 6.07) is 0. The minimum absolute atomic E-state index is 0. The van der Waals surface area contributed by atoms with E-state index in [0.29, 0.717) is 0 Å². The van der Waals surface area contributed by atoms with Crippen molar-refractivity contribution in [2.24, 2.45) is 0 Å². The molecule has 4 nitrogen and oxygen atoms in total. The predicted molar refractivity (Wildman–Crippen MR) is 60.1 cm³/mol. The summed E-state index contributed by atoms with van der Waals surface area (Å²) in [4.78, 5) is 0. The molecule has 0 fully saturated rings. The first-order valence-electron chi connectivity index (χ1n) is 4.90. The zero-order chi connectivity index (χ0) is 14.9. The first-order chi connectivity index (χ1) is 8.24. The van der Waals surface area contributed by atoms with Crippen molar-refractivity contribution < 1.29 is 49.3 Å². The van der Waals surface area contributed by atoms with Crippen LogP contribution in [0.3, 0.4) is 0 Å². The Morgan fingerprint density at radius 1 is 0.647 bits per heavy atom. The van der Waals surface area contributed by atoms with E-state index in [0.717, 1.165) is 12.8 Å². The molecule has 0 aromatic rings. The average Bonchev–Trinajstić information content (AvgIpc) is 2.37. The van der Waals surface area contributed by atoms with E-state index < -0.39 is 0 Å². The minimum atomic E-state index is 0. The standard InChI is InChI=1S/C7H14.2C2H5O.2Co.2O/c1-3-5-7-6-4-2;2*1-2-3;;;;/h1-7H2;2*3H,1-2H2;;;;/q-2;2*-1;;;;. The van der Waals surface area contributed by atoms with E-state index in [2.05, 4.69) is 59.0 Å². The summed E-state index contributed by atoms with van der Waals surface area (Å²) in [6.07, 6.45) is 6.03. The van der Waals surface area contributed by atoms with Gasteiger partial charge >= 0.3 is 39.1 Å². The van der Waals surface area contributed by atoms with Crippen LogP contribution >= 0.6 is 0 Å². The fraction of sp³-hybridized carbons (Fsp3) is 0.636. The van der Waals surface area contributed by atoms with Gasteiger partial charge in [0.15, 0.2) is 0 Å². The first-order valence-corrected chi connectivity index (χ1v) is 5.75. The van der Waals surface area contributed by atoms with Crippen LogP contribution in [-0.4, -0.2) is 23.4 Å². The topological polar surface area (TPSA) is 74.6 Å². The zero-order valence-corrected chi connectivity index (χ0v) is 12.2. The molecule has 0 saturated carbocycles. The summed E-state index contributed by atoms with van der Waals surface area (Å²) in [5.41, 5.74) is 0. The van der Waals surface area contributed by atoms with Crippen LogP contribution in [0.1, 0.15) is 32.1 Å². The van der Waals surface area contributed by atoms with Crippen molar-refractivity contribution >= 4 is 0 Å². The van der Waals surface area contributed by atoms with E-state index in [-0.39, 0.29) is 13.2 Å². The normalized spacial score (nSPS) is 6.59. The van der Waals surface area contributed by atoms with Crippen LogP contribution in [0.15, 0.2) is 0 Å². The second kappa shape index (κ2) is 70.3. The van der Waals surface area contributed by atoms with Crippen LogP contribution < -0.4 is 0 Å². The third-order valence-corrected chi connectivity index (χ3v) is 1.000. The summed E-state index contributed by atoms with van der Waals surface area (Å²) >= 11 is 4.62. The summed E-state index contributed by atoms with van der Waals surface area (Å²) in [6.45, 7) is 13.6. The van der Waals surface area contributed by atoms with Crippen LogP contribution in [0.2, 0.25) is 0 Å². The van der Waals surface area contributed by atoms with Gasteiger partial charge in [-0.25, -0.2) is 0 Å². The van der Waals surface area contributed by atoms with Gasteiger partial charge < -0.3 is 37.9 Å². The van der Waals surface area contributed by atoms with Gasteiger partial charge in [0.2, 0.25) is 0 Å². The predicted octanol–water partition coefficient (Wildman–Crippen LogP) is 1.99. The Hall–Kier alpha value is 0.533. The summed E-state index contributed by atoms with van der Waals surface area (Å²) < 4.78 is 15.9. The Kier molecular flexibility index (Phi) is 126. The Labute approximate surface area is 122 Å². The molecule has 17 heavy (non-hydrogen) atoms. The molecule has 0 saturated heterocycles. The maximum atomic E-state index is 7.94. The second-order valence-corrected chi connectivity index (χ2v) is 2.21. The van der Waals surface area contributed by atoms with Crippen molar-refractivity contribution in [1.82, 2.24) is 0 Å². The number of rotatable bonds is 4.